The highest BCUT2D eigenvalue weighted by Crippen LogP contribution is 2.10. The highest BCUT2D eigenvalue weighted by atomic mass is 16.2. The standard InChI is InChI=1S/C20H23N3O2/c24-19-15-22(12-11-21-19)16-20(25)23(13-17-7-3-1-4-8-17)14-18-9-5-2-6-10-18/h1-10H,11-16H2,(H,21,24)/p+1. The number of rotatable bonds is 6. The van der Waals surface area contributed by atoms with Gasteiger partial charge in [-0.3, -0.25) is 9.59 Å². The fourth-order valence-electron chi connectivity index (χ4n) is 3.07. The fourth-order valence-corrected chi connectivity index (χ4v) is 3.07. The molecule has 1 saturated heterocycles. The number of hydrogen-bond donors (Lipinski definition) is 2. The second-order valence-electron chi connectivity index (χ2n) is 6.42. The third-order valence-corrected chi connectivity index (χ3v) is 4.40. The van der Waals surface area contributed by atoms with E-state index >= 15 is 0 Å². The molecule has 1 aliphatic heterocycles. The Morgan fingerprint density at radius 3 is 2.04 bits per heavy atom. The van der Waals surface area contributed by atoms with Crippen LogP contribution in [0.1, 0.15) is 11.1 Å². The van der Waals surface area contributed by atoms with Crippen LogP contribution in [0, 0.1) is 0 Å². The summed E-state index contributed by atoms with van der Waals surface area (Å²) in [6.45, 7) is 3.31. The second kappa shape index (κ2) is 8.44. The van der Waals surface area contributed by atoms with Crippen molar-refractivity contribution in [2.45, 2.75) is 13.1 Å². The fraction of sp³-hybridized carbons (Fsp3) is 0.300. The van der Waals surface area contributed by atoms with E-state index in [0.717, 1.165) is 22.6 Å². The molecule has 2 aromatic rings. The number of nitrogens with zero attached hydrogens (tertiary/aromatic N) is 1. The van der Waals surface area contributed by atoms with E-state index in [4.69, 9.17) is 0 Å². The molecule has 2 N–H and O–H groups in total. The van der Waals surface area contributed by atoms with Gasteiger partial charge >= 0.3 is 0 Å². The zero-order chi connectivity index (χ0) is 17.5. The normalized spacial score (nSPS) is 17.0. The van der Waals surface area contributed by atoms with Crippen LogP contribution in [-0.4, -0.2) is 42.9 Å². The summed E-state index contributed by atoms with van der Waals surface area (Å²) in [6.07, 6.45) is 0. The van der Waals surface area contributed by atoms with Crippen molar-refractivity contribution in [2.75, 3.05) is 26.2 Å². The largest absolute Gasteiger partial charge is 0.346 e. The lowest BCUT2D eigenvalue weighted by Crippen LogP contribution is -3.16. The Kier molecular flexibility index (Phi) is 5.80. The molecule has 0 spiro atoms. The van der Waals surface area contributed by atoms with Crippen LogP contribution >= 0.6 is 0 Å². The number of carbonyl (C=O) groups excluding carboxylic acids is 2. The highest BCUT2D eigenvalue weighted by molar-refractivity contribution is 5.79. The summed E-state index contributed by atoms with van der Waals surface area (Å²) in [6, 6.07) is 20.0. The molecule has 1 unspecified atom stereocenters. The minimum atomic E-state index is 0.0201. The number of amides is 2. The molecule has 5 nitrogen and oxygen atoms in total. The number of piperazine rings is 1. The first kappa shape index (κ1) is 17.2. The predicted octanol–water partition coefficient (Wildman–Crippen LogP) is 0.230. The van der Waals surface area contributed by atoms with Crippen molar-refractivity contribution in [1.29, 1.82) is 0 Å². The third kappa shape index (κ3) is 5.16. The second-order valence-corrected chi connectivity index (χ2v) is 6.42. The van der Waals surface area contributed by atoms with Crippen molar-refractivity contribution in [2.24, 2.45) is 0 Å². The SMILES string of the molecule is O=C1C[NH+](CC(=O)N(Cc2ccccc2)Cc2ccccc2)CCN1. The van der Waals surface area contributed by atoms with Gasteiger partial charge < -0.3 is 15.1 Å². The predicted molar refractivity (Wildman–Crippen MR) is 95.7 cm³/mol. The molecule has 0 radical (unpaired) electrons. The van der Waals surface area contributed by atoms with Gasteiger partial charge in [0.15, 0.2) is 13.1 Å². The Morgan fingerprint density at radius 2 is 1.52 bits per heavy atom. The maximum Gasteiger partial charge on any atom is 0.278 e. The molecule has 1 aliphatic rings. The molecule has 25 heavy (non-hydrogen) atoms. The van der Waals surface area contributed by atoms with Gasteiger partial charge in [-0.15, -0.1) is 0 Å². The van der Waals surface area contributed by atoms with Gasteiger partial charge in [-0.05, 0) is 11.1 Å². The van der Waals surface area contributed by atoms with E-state index in [2.05, 4.69) is 5.32 Å². The van der Waals surface area contributed by atoms with Crippen LogP contribution < -0.4 is 10.2 Å². The molecule has 0 aliphatic carbocycles. The summed E-state index contributed by atoms with van der Waals surface area (Å²) in [5, 5.41) is 2.81. The van der Waals surface area contributed by atoms with Gasteiger partial charge in [0, 0.05) is 13.1 Å². The average Bonchev–Trinajstić information content (AvgIpc) is 2.63. The molecular weight excluding hydrogens is 314 g/mol. The van der Waals surface area contributed by atoms with Gasteiger partial charge in [0.05, 0.1) is 13.1 Å². The van der Waals surface area contributed by atoms with Crippen molar-refractivity contribution >= 4 is 11.8 Å². The van der Waals surface area contributed by atoms with Crippen molar-refractivity contribution in [3.8, 4) is 0 Å². The van der Waals surface area contributed by atoms with Crippen molar-refractivity contribution in [3.05, 3.63) is 71.8 Å². The van der Waals surface area contributed by atoms with E-state index in [1.54, 1.807) is 0 Å². The van der Waals surface area contributed by atoms with Crippen LogP contribution in [0.4, 0.5) is 0 Å². The van der Waals surface area contributed by atoms with E-state index in [0.29, 0.717) is 32.7 Å². The summed E-state index contributed by atoms with van der Waals surface area (Å²) in [5.41, 5.74) is 2.22. The summed E-state index contributed by atoms with van der Waals surface area (Å²) < 4.78 is 0. The van der Waals surface area contributed by atoms with Gasteiger partial charge in [-0.1, -0.05) is 60.7 Å². The molecule has 2 aromatic carbocycles. The van der Waals surface area contributed by atoms with Crippen molar-refractivity contribution in [3.63, 3.8) is 0 Å². The van der Waals surface area contributed by atoms with E-state index in [1.807, 2.05) is 65.6 Å². The molecule has 2 amide bonds. The first-order chi connectivity index (χ1) is 12.2. The van der Waals surface area contributed by atoms with E-state index in [-0.39, 0.29) is 11.8 Å². The number of benzene rings is 2. The van der Waals surface area contributed by atoms with Gasteiger partial charge in [0.1, 0.15) is 0 Å². The average molecular weight is 338 g/mol. The van der Waals surface area contributed by atoms with Gasteiger partial charge in [0.25, 0.3) is 11.8 Å². The smallest absolute Gasteiger partial charge is 0.278 e. The van der Waals surface area contributed by atoms with Crippen LogP contribution in [0.15, 0.2) is 60.7 Å². The minimum Gasteiger partial charge on any atom is -0.346 e. The molecule has 3 rings (SSSR count). The molecule has 1 atom stereocenters. The Bertz CT molecular complexity index is 662. The van der Waals surface area contributed by atoms with Crippen molar-refractivity contribution < 1.29 is 14.5 Å². The number of hydrogen-bond acceptors (Lipinski definition) is 2. The molecule has 1 heterocycles. The summed E-state index contributed by atoms with van der Waals surface area (Å²) in [5.74, 6) is 0.101. The van der Waals surface area contributed by atoms with E-state index in [9.17, 15) is 9.59 Å². The zero-order valence-electron chi connectivity index (χ0n) is 14.3. The number of carbonyl (C=O) groups is 2. The first-order valence-electron chi connectivity index (χ1n) is 8.66. The number of nitrogens with one attached hydrogen (secondary N) is 2. The summed E-state index contributed by atoms with van der Waals surface area (Å²) >= 11 is 0. The molecule has 1 fully saturated rings. The van der Waals surface area contributed by atoms with Crippen LogP contribution in [0.3, 0.4) is 0 Å². The summed E-state index contributed by atoms with van der Waals surface area (Å²) in [7, 11) is 0. The molecule has 0 saturated carbocycles. The Balaban J connectivity index is 1.70. The zero-order valence-corrected chi connectivity index (χ0v) is 14.3. The molecule has 5 heteroatoms. The van der Waals surface area contributed by atoms with Crippen LogP contribution in [0.2, 0.25) is 0 Å². The highest BCUT2D eigenvalue weighted by Gasteiger charge is 2.25. The lowest BCUT2D eigenvalue weighted by molar-refractivity contribution is -0.885. The molecular formula is C20H24N3O2+. The van der Waals surface area contributed by atoms with Crippen LogP contribution in [0.25, 0.3) is 0 Å². The quantitative estimate of drug-likeness (QED) is 0.792. The maximum absolute atomic E-state index is 12.9. The first-order valence-corrected chi connectivity index (χ1v) is 8.66. The van der Waals surface area contributed by atoms with Gasteiger partial charge in [0.2, 0.25) is 0 Å². The van der Waals surface area contributed by atoms with Crippen LogP contribution in [-0.2, 0) is 22.7 Å². The van der Waals surface area contributed by atoms with E-state index in [1.165, 1.54) is 0 Å². The molecule has 0 aromatic heterocycles. The summed E-state index contributed by atoms with van der Waals surface area (Å²) in [4.78, 5) is 27.4. The maximum atomic E-state index is 12.9. The lowest BCUT2D eigenvalue weighted by atomic mass is 10.1. The Labute approximate surface area is 148 Å². The lowest BCUT2D eigenvalue weighted by Gasteiger charge is -2.27. The number of quaternary nitrogens is 1. The monoisotopic (exact) mass is 338 g/mol. The van der Waals surface area contributed by atoms with Crippen molar-refractivity contribution in [1.82, 2.24) is 10.2 Å². The van der Waals surface area contributed by atoms with Gasteiger partial charge in [-0.25, -0.2) is 0 Å². The van der Waals surface area contributed by atoms with Gasteiger partial charge in [-0.2, -0.15) is 0 Å². The molecule has 0 bridgehead atoms. The Morgan fingerprint density at radius 1 is 0.960 bits per heavy atom. The molecule has 130 valence electrons. The minimum absolute atomic E-state index is 0.0201. The third-order valence-electron chi connectivity index (χ3n) is 4.40. The van der Waals surface area contributed by atoms with Crippen LogP contribution in [0.5, 0.6) is 0 Å². The topological polar surface area (TPSA) is 53.9 Å². The Hall–Kier alpha value is -2.66. The van der Waals surface area contributed by atoms with E-state index < -0.39 is 0 Å².